The number of thiophene rings is 1. The molecular formula is C14H12N4O3S. The SMILES string of the molecule is Cc1noc(-c2ccsc2NC(=O)c2cccn(C)c2=O)n1. The molecule has 22 heavy (non-hydrogen) atoms. The smallest absolute Gasteiger partial charge is 0.263 e. The Balaban J connectivity index is 1.91. The van der Waals surface area contributed by atoms with Crippen molar-refractivity contribution < 1.29 is 9.32 Å². The van der Waals surface area contributed by atoms with Crippen LogP contribution in [-0.2, 0) is 7.05 Å². The Hall–Kier alpha value is -2.74. The number of hydrogen-bond acceptors (Lipinski definition) is 6. The van der Waals surface area contributed by atoms with Crippen molar-refractivity contribution >= 4 is 22.2 Å². The van der Waals surface area contributed by atoms with Crippen molar-refractivity contribution in [2.24, 2.45) is 7.05 Å². The molecule has 0 aliphatic heterocycles. The topological polar surface area (TPSA) is 90.0 Å². The number of aryl methyl sites for hydroxylation is 2. The lowest BCUT2D eigenvalue weighted by molar-refractivity contribution is 0.102. The Bertz CT molecular complexity index is 893. The van der Waals surface area contributed by atoms with E-state index >= 15 is 0 Å². The van der Waals surface area contributed by atoms with E-state index in [1.807, 2.05) is 0 Å². The third kappa shape index (κ3) is 2.56. The average Bonchev–Trinajstić information content (AvgIpc) is 3.10. The van der Waals surface area contributed by atoms with Gasteiger partial charge < -0.3 is 14.4 Å². The Morgan fingerprint density at radius 3 is 2.95 bits per heavy atom. The van der Waals surface area contributed by atoms with Gasteiger partial charge in [-0.3, -0.25) is 9.59 Å². The van der Waals surface area contributed by atoms with Gasteiger partial charge in [-0.2, -0.15) is 4.98 Å². The minimum atomic E-state index is -0.471. The first-order chi connectivity index (χ1) is 10.6. The Morgan fingerprint density at radius 1 is 1.41 bits per heavy atom. The van der Waals surface area contributed by atoms with Crippen LogP contribution in [0, 0.1) is 6.92 Å². The first kappa shape index (κ1) is 14.2. The second kappa shape index (κ2) is 5.57. The normalized spacial score (nSPS) is 10.6. The van der Waals surface area contributed by atoms with Gasteiger partial charge in [-0.15, -0.1) is 11.3 Å². The Labute approximate surface area is 129 Å². The number of nitrogens with one attached hydrogen (secondary N) is 1. The number of nitrogens with zero attached hydrogens (tertiary/aromatic N) is 3. The van der Waals surface area contributed by atoms with Crippen molar-refractivity contribution in [3.05, 3.63) is 51.5 Å². The van der Waals surface area contributed by atoms with Gasteiger partial charge in [0.2, 0.25) is 0 Å². The van der Waals surface area contributed by atoms with Crippen LogP contribution >= 0.6 is 11.3 Å². The van der Waals surface area contributed by atoms with Gasteiger partial charge in [0.05, 0.1) is 5.56 Å². The molecule has 3 aromatic rings. The molecule has 7 nitrogen and oxygen atoms in total. The van der Waals surface area contributed by atoms with Crippen LogP contribution in [0.4, 0.5) is 5.00 Å². The molecule has 0 unspecified atom stereocenters. The maximum atomic E-state index is 12.3. The highest BCUT2D eigenvalue weighted by Gasteiger charge is 2.17. The third-order valence-electron chi connectivity index (χ3n) is 3.02. The molecule has 0 saturated heterocycles. The van der Waals surface area contributed by atoms with Crippen LogP contribution in [0.15, 0.2) is 39.1 Å². The molecule has 3 heterocycles. The molecule has 0 aliphatic rings. The monoisotopic (exact) mass is 316 g/mol. The molecule has 1 amide bonds. The zero-order valence-electron chi connectivity index (χ0n) is 11.9. The van der Waals surface area contributed by atoms with Crippen LogP contribution in [0.2, 0.25) is 0 Å². The van der Waals surface area contributed by atoms with Crippen molar-refractivity contribution in [3.63, 3.8) is 0 Å². The first-order valence-corrected chi connectivity index (χ1v) is 7.29. The highest BCUT2D eigenvalue weighted by atomic mass is 32.1. The quantitative estimate of drug-likeness (QED) is 0.798. The molecule has 0 fully saturated rings. The summed E-state index contributed by atoms with van der Waals surface area (Å²) in [4.78, 5) is 28.4. The molecule has 8 heteroatoms. The maximum Gasteiger partial charge on any atom is 0.263 e. The minimum Gasteiger partial charge on any atom is -0.334 e. The predicted molar refractivity (Wildman–Crippen MR) is 82.0 cm³/mol. The molecule has 3 rings (SSSR count). The number of hydrogen-bond donors (Lipinski definition) is 1. The fraction of sp³-hybridized carbons (Fsp3) is 0.143. The van der Waals surface area contributed by atoms with E-state index < -0.39 is 5.91 Å². The molecule has 3 aromatic heterocycles. The van der Waals surface area contributed by atoms with Gasteiger partial charge in [0.15, 0.2) is 5.82 Å². The summed E-state index contributed by atoms with van der Waals surface area (Å²) in [6, 6.07) is 4.91. The van der Waals surface area contributed by atoms with E-state index in [4.69, 9.17) is 4.52 Å². The highest BCUT2D eigenvalue weighted by Crippen LogP contribution is 2.32. The lowest BCUT2D eigenvalue weighted by Crippen LogP contribution is -2.26. The average molecular weight is 316 g/mol. The van der Waals surface area contributed by atoms with Crippen LogP contribution in [0.5, 0.6) is 0 Å². The van der Waals surface area contributed by atoms with Crippen molar-refractivity contribution in [3.8, 4) is 11.5 Å². The molecule has 0 radical (unpaired) electrons. The summed E-state index contributed by atoms with van der Waals surface area (Å²) in [5.41, 5.74) is 0.351. The van der Waals surface area contributed by atoms with Crippen LogP contribution in [-0.4, -0.2) is 20.6 Å². The van der Waals surface area contributed by atoms with Gasteiger partial charge >= 0.3 is 0 Å². The van der Waals surface area contributed by atoms with Crippen molar-refractivity contribution in [1.29, 1.82) is 0 Å². The van der Waals surface area contributed by atoms with Gasteiger partial charge in [-0.05, 0) is 30.5 Å². The van der Waals surface area contributed by atoms with E-state index in [1.54, 1.807) is 37.7 Å². The van der Waals surface area contributed by atoms with E-state index in [-0.39, 0.29) is 11.1 Å². The van der Waals surface area contributed by atoms with E-state index in [1.165, 1.54) is 22.0 Å². The molecule has 0 aromatic carbocycles. The van der Waals surface area contributed by atoms with Crippen molar-refractivity contribution in [2.75, 3.05) is 5.32 Å². The zero-order valence-corrected chi connectivity index (χ0v) is 12.7. The second-order valence-corrected chi connectivity index (χ2v) is 5.52. The maximum absolute atomic E-state index is 12.3. The van der Waals surface area contributed by atoms with E-state index in [0.717, 1.165) is 0 Å². The van der Waals surface area contributed by atoms with Gasteiger partial charge in [-0.25, -0.2) is 0 Å². The van der Waals surface area contributed by atoms with Crippen LogP contribution in [0.25, 0.3) is 11.5 Å². The molecular weight excluding hydrogens is 304 g/mol. The standard InChI is InChI=1S/C14H12N4O3S/c1-8-15-12(21-17-8)10-5-7-22-13(10)16-11(19)9-4-3-6-18(2)14(9)20/h3-7H,1-2H3,(H,16,19). The van der Waals surface area contributed by atoms with Gasteiger partial charge in [0.1, 0.15) is 10.6 Å². The van der Waals surface area contributed by atoms with Crippen LogP contribution in [0.3, 0.4) is 0 Å². The van der Waals surface area contributed by atoms with E-state index in [9.17, 15) is 9.59 Å². The summed E-state index contributed by atoms with van der Waals surface area (Å²) < 4.78 is 6.46. The number of amides is 1. The third-order valence-corrected chi connectivity index (χ3v) is 3.85. The summed E-state index contributed by atoms with van der Waals surface area (Å²) in [6.07, 6.45) is 1.59. The highest BCUT2D eigenvalue weighted by molar-refractivity contribution is 7.15. The summed E-state index contributed by atoms with van der Waals surface area (Å²) in [5, 5.41) is 8.80. The van der Waals surface area contributed by atoms with E-state index in [2.05, 4.69) is 15.5 Å². The van der Waals surface area contributed by atoms with Crippen molar-refractivity contribution in [1.82, 2.24) is 14.7 Å². The summed E-state index contributed by atoms with van der Waals surface area (Å²) in [5.74, 6) is 0.367. The van der Waals surface area contributed by atoms with E-state index in [0.29, 0.717) is 22.3 Å². The van der Waals surface area contributed by atoms with Crippen molar-refractivity contribution in [2.45, 2.75) is 6.92 Å². The summed E-state index contributed by atoms with van der Waals surface area (Å²) in [7, 11) is 1.59. The summed E-state index contributed by atoms with van der Waals surface area (Å²) in [6.45, 7) is 1.71. The molecule has 0 bridgehead atoms. The minimum absolute atomic E-state index is 0.0751. The predicted octanol–water partition coefficient (Wildman–Crippen LogP) is 2.06. The largest absolute Gasteiger partial charge is 0.334 e. The Kier molecular flexibility index (Phi) is 3.60. The fourth-order valence-corrected chi connectivity index (χ4v) is 2.70. The van der Waals surface area contributed by atoms with Crippen LogP contribution in [0.1, 0.15) is 16.2 Å². The number of rotatable bonds is 3. The van der Waals surface area contributed by atoms with Gasteiger partial charge in [0, 0.05) is 13.2 Å². The molecule has 0 spiro atoms. The number of aromatic nitrogens is 3. The number of anilines is 1. The molecule has 0 saturated carbocycles. The van der Waals surface area contributed by atoms with Gasteiger partial charge in [-0.1, -0.05) is 5.16 Å². The molecule has 0 aliphatic carbocycles. The van der Waals surface area contributed by atoms with Gasteiger partial charge in [0.25, 0.3) is 17.4 Å². The molecule has 112 valence electrons. The zero-order chi connectivity index (χ0) is 15.7. The lowest BCUT2D eigenvalue weighted by Gasteiger charge is -2.05. The molecule has 1 N–H and O–H groups in total. The Morgan fingerprint density at radius 2 is 2.23 bits per heavy atom. The number of carbonyl (C=O) groups is 1. The molecule has 0 atom stereocenters. The fourth-order valence-electron chi connectivity index (χ4n) is 1.92. The number of carbonyl (C=O) groups excluding carboxylic acids is 1. The summed E-state index contributed by atoms with van der Waals surface area (Å²) >= 11 is 1.32. The van der Waals surface area contributed by atoms with Crippen LogP contribution < -0.4 is 10.9 Å². The lowest BCUT2D eigenvalue weighted by atomic mass is 10.2. The second-order valence-electron chi connectivity index (χ2n) is 4.60. The first-order valence-electron chi connectivity index (χ1n) is 6.41. The number of pyridine rings is 1.